The number of rotatable bonds is 8. The van der Waals surface area contributed by atoms with Crippen LogP contribution < -0.4 is 5.73 Å². The molecule has 0 aromatic carbocycles. The highest BCUT2D eigenvalue weighted by molar-refractivity contribution is 4.76. The van der Waals surface area contributed by atoms with E-state index in [2.05, 4.69) is 4.74 Å². The summed E-state index contributed by atoms with van der Waals surface area (Å²) in [4.78, 5) is 0. The quantitative estimate of drug-likeness (QED) is 0.664. The third-order valence-electron chi connectivity index (χ3n) is 1.97. The Morgan fingerprint density at radius 2 is 1.81 bits per heavy atom. The molecule has 0 aromatic rings. The van der Waals surface area contributed by atoms with Crippen LogP contribution in [0.4, 0.5) is 13.2 Å². The second-order valence-electron chi connectivity index (χ2n) is 3.66. The number of ether oxygens (including phenoxy) is 2. The third-order valence-corrected chi connectivity index (χ3v) is 1.97. The molecule has 0 saturated heterocycles. The Morgan fingerprint density at radius 3 is 2.25 bits per heavy atom. The minimum absolute atomic E-state index is 0.0879. The molecule has 0 saturated carbocycles. The highest BCUT2D eigenvalue weighted by Crippen LogP contribution is 2.24. The first kappa shape index (κ1) is 15.7. The lowest BCUT2D eigenvalue weighted by Gasteiger charge is -2.23. The van der Waals surface area contributed by atoms with E-state index in [-0.39, 0.29) is 13.2 Å². The fraction of sp³-hybridized carbons (Fsp3) is 1.00. The molecule has 2 unspecified atom stereocenters. The Labute approximate surface area is 94.1 Å². The number of alkyl halides is 3. The molecule has 2 N–H and O–H groups in total. The fourth-order valence-corrected chi connectivity index (χ4v) is 1.13. The zero-order valence-corrected chi connectivity index (χ0v) is 9.72. The first-order valence-electron chi connectivity index (χ1n) is 5.41. The maximum atomic E-state index is 12.4. The van der Waals surface area contributed by atoms with Gasteiger partial charge in [-0.05, 0) is 13.3 Å². The molecule has 0 aliphatic heterocycles. The molecule has 98 valence electrons. The average Bonchev–Trinajstić information content (AvgIpc) is 2.13. The SMILES string of the molecule is CCCCOCCOC(C(C)N)C(F)(F)F. The smallest absolute Gasteiger partial charge is 0.379 e. The van der Waals surface area contributed by atoms with E-state index < -0.39 is 18.3 Å². The van der Waals surface area contributed by atoms with Crippen LogP contribution in [0.2, 0.25) is 0 Å². The number of hydrogen-bond donors (Lipinski definition) is 1. The van der Waals surface area contributed by atoms with Gasteiger partial charge in [0.1, 0.15) is 0 Å². The number of unbranched alkanes of at least 4 members (excludes halogenated alkanes) is 1. The van der Waals surface area contributed by atoms with Crippen LogP contribution in [-0.2, 0) is 9.47 Å². The standard InChI is InChI=1S/C10H20F3NO2/c1-3-4-5-15-6-7-16-9(8(2)14)10(11,12)13/h8-9H,3-7,14H2,1-2H3. The van der Waals surface area contributed by atoms with Crippen molar-refractivity contribution >= 4 is 0 Å². The zero-order valence-electron chi connectivity index (χ0n) is 9.72. The van der Waals surface area contributed by atoms with E-state index in [1.165, 1.54) is 6.92 Å². The van der Waals surface area contributed by atoms with Crippen LogP contribution >= 0.6 is 0 Å². The van der Waals surface area contributed by atoms with Crippen molar-refractivity contribution < 1.29 is 22.6 Å². The predicted molar refractivity (Wildman–Crippen MR) is 55.2 cm³/mol. The van der Waals surface area contributed by atoms with Crippen molar-refractivity contribution in [2.75, 3.05) is 19.8 Å². The van der Waals surface area contributed by atoms with E-state index in [1.807, 2.05) is 6.92 Å². The zero-order chi connectivity index (χ0) is 12.6. The topological polar surface area (TPSA) is 44.5 Å². The second-order valence-corrected chi connectivity index (χ2v) is 3.66. The number of nitrogens with two attached hydrogens (primary N) is 1. The van der Waals surface area contributed by atoms with Crippen molar-refractivity contribution in [2.45, 2.75) is 45.0 Å². The third kappa shape index (κ3) is 7.03. The monoisotopic (exact) mass is 243 g/mol. The summed E-state index contributed by atoms with van der Waals surface area (Å²) in [6.45, 7) is 3.91. The van der Waals surface area contributed by atoms with Crippen LogP contribution in [-0.4, -0.2) is 38.1 Å². The Morgan fingerprint density at radius 1 is 1.19 bits per heavy atom. The maximum Gasteiger partial charge on any atom is 0.416 e. The number of hydrogen-bond acceptors (Lipinski definition) is 3. The molecule has 0 rings (SSSR count). The van der Waals surface area contributed by atoms with Crippen molar-refractivity contribution in [3.8, 4) is 0 Å². The van der Waals surface area contributed by atoms with Crippen LogP contribution in [0.5, 0.6) is 0 Å². The molecule has 3 nitrogen and oxygen atoms in total. The molecular formula is C10H20F3NO2. The second kappa shape index (κ2) is 7.86. The van der Waals surface area contributed by atoms with Gasteiger partial charge in [0.05, 0.1) is 13.2 Å². The lowest BCUT2D eigenvalue weighted by Crippen LogP contribution is -2.45. The summed E-state index contributed by atoms with van der Waals surface area (Å²) < 4.78 is 46.8. The van der Waals surface area contributed by atoms with Crippen LogP contribution in [0.3, 0.4) is 0 Å². The predicted octanol–water partition coefficient (Wildman–Crippen LogP) is 2.10. The Balaban J connectivity index is 3.70. The van der Waals surface area contributed by atoms with Crippen LogP contribution in [0.25, 0.3) is 0 Å². The minimum Gasteiger partial charge on any atom is -0.379 e. The molecule has 6 heteroatoms. The van der Waals surface area contributed by atoms with Crippen LogP contribution in [0.1, 0.15) is 26.7 Å². The molecule has 0 aromatic heterocycles. The minimum atomic E-state index is -4.42. The van der Waals surface area contributed by atoms with E-state index in [9.17, 15) is 13.2 Å². The van der Waals surface area contributed by atoms with Gasteiger partial charge >= 0.3 is 6.18 Å². The Bertz CT molecular complexity index is 174. The largest absolute Gasteiger partial charge is 0.416 e. The van der Waals surface area contributed by atoms with Gasteiger partial charge in [-0.1, -0.05) is 13.3 Å². The molecular weight excluding hydrogens is 223 g/mol. The Kier molecular flexibility index (Phi) is 7.70. The van der Waals surface area contributed by atoms with Gasteiger partial charge in [0.2, 0.25) is 0 Å². The normalized spacial score (nSPS) is 16.1. The van der Waals surface area contributed by atoms with Gasteiger partial charge in [-0.2, -0.15) is 13.2 Å². The summed E-state index contributed by atoms with van der Waals surface area (Å²) in [6, 6.07) is -1.07. The van der Waals surface area contributed by atoms with Gasteiger partial charge in [-0.15, -0.1) is 0 Å². The maximum absolute atomic E-state index is 12.4. The highest BCUT2D eigenvalue weighted by atomic mass is 19.4. The number of halogens is 3. The van der Waals surface area contributed by atoms with Gasteiger partial charge in [0, 0.05) is 12.6 Å². The average molecular weight is 243 g/mol. The van der Waals surface area contributed by atoms with E-state index in [1.54, 1.807) is 0 Å². The van der Waals surface area contributed by atoms with Crippen molar-refractivity contribution in [1.82, 2.24) is 0 Å². The van der Waals surface area contributed by atoms with E-state index >= 15 is 0 Å². The van der Waals surface area contributed by atoms with E-state index in [0.29, 0.717) is 6.61 Å². The first-order valence-corrected chi connectivity index (χ1v) is 5.41. The van der Waals surface area contributed by atoms with Crippen molar-refractivity contribution in [3.63, 3.8) is 0 Å². The van der Waals surface area contributed by atoms with Crippen molar-refractivity contribution in [2.24, 2.45) is 5.73 Å². The molecule has 0 aliphatic carbocycles. The molecule has 0 bridgehead atoms. The molecule has 0 aliphatic rings. The van der Waals surface area contributed by atoms with Crippen LogP contribution in [0.15, 0.2) is 0 Å². The summed E-state index contributed by atoms with van der Waals surface area (Å²) >= 11 is 0. The molecule has 0 radical (unpaired) electrons. The summed E-state index contributed by atoms with van der Waals surface area (Å²) in [5, 5.41) is 0. The van der Waals surface area contributed by atoms with Crippen molar-refractivity contribution in [1.29, 1.82) is 0 Å². The molecule has 16 heavy (non-hydrogen) atoms. The molecule has 0 amide bonds. The van der Waals surface area contributed by atoms with Crippen molar-refractivity contribution in [3.05, 3.63) is 0 Å². The summed E-state index contributed by atoms with van der Waals surface area (Å²) in [6.07, 6.45) is -4.44. The van der Waals surface area contributed by atoms with Gasteiger partial charge in [-0.25, -0.2) is 0 Å². The molecule has 0 spiro atoms. The lowest BCUT2D eigenvalue weighted by molar-refractivity contribution is -0.227. The van der Waals surface area contributed by atoms with Crippen LogP contribution in [0, 0.1) is 0 Å². The molecule has 0 fully saturated rings. The van der Waals surface area contributed by atoms with E-state index in [4.69, 9.17) is 10.5 Å². The summed E-state index contributed by atoms with van der Waals surface area (Å²) in [5.41, 5.74) is 5.20. The lowest BCUT2D eigenvalue weighted by atomic mass is 10.2. The van der Waals surface area contributed by atoms with Gasteiger partial charge in [0.15, 0.2) is 6.10 Å². The molecule has 2 atom stereocenters. The van der Waals surface area contributed by atoms with Gasteiger partial charge in [0.25, 0.3) is 0 Å². The summed E-state index contributed by atoms with van der Waals surface area (Å²) in [7, 11) is 0. The highest BCUT2D eigenvalue weighted by Gasteiger charge is 2.42. The fourth-order valence-electron chi connectivity index (χ4n) is 1.13. The van der Waals surface area contributed by atoms with E-state index in [0.717, 1.165) is 12.8 Å². The van der Waals surface area contributed by atoms with Gasteiger partial charge in [-0.3, -0.25) is 0 Å². The molecule has 0 heterocycles. The Hall–Kier alpha value is -0.330. The summed E-state index contributed by atoms with van der Waals surface area (Å²) in [5.74, 6) is 0. The first-order chi connectivity index (χ1) is 7.39. The van der Waals surface area contributed by atoms with Gasteiger partial charge < -0.3 is 15.2 Å².